The largest absolute Gasteiger partial charge is 0.465 e. The average molecular weight is 296 g/mol. The number of esters is 1. The van der Waals surface area contributed by atoms with E-state index in [1.807, 2.05) is 6.92 Å². The van der Waals surface area contributed by atoms with Crippen LogP contribution in [0.15, 0.2) is 24.3 Å². The van der Waals surface area contributed by atoms with E-state index in [2.05, 4.69) is 5.32 Å². The molecule has 5 nitrogen and oxygen atoms in total. The Kier molecular flexibility index (Phi) is 7.39. The van der Waals surface area contributed by atoms with Crippen LogP contribution < -0.4 is 5.32 Å². The van der Waals surface area contributed by atoms with Crippen molar-refractivity contribution >= 4 is 11.9 Å². The van der Waals surface area contributed by atoms with Gasteiger partial charge in [0.2, 0.25) is 5.91 Å². The van der Waals surface area contributed by atoms with Crippen LogP contribution in [0.1, 0.15) is 19.4 Å². The van der Waals surface area contributed by atoms with E-state index >= 15 is 0 Å². The number of nitrogens with one attached hydrogen (secondary N) is 1. The molecular formula is C15H21FN2O3. The molecule has 0 fully saturated rings. The second kappa shape index (κ2) is 9.07. The number of likely N-dealkylation sites (N-methyl/N-ethyl adjacent to an activating group) is 1. The Morgan fingerprint density at radius 2 is 1.95 bits per heavy atom. The van der Waals surface area contributed by atoms with Crippen LogP contribution in [0.3, 0.4) is 0 Å². The standard InChI is InChI=1S/C15H21FN2O3/c1-3-18(11-15(20)21-4-2)10-14(19)17-9-12-7-5-6-8-13(12)16/h5-8H,3-4,9-11H2,1-2H3,(H,17,19). The van der Waals surface area contributed by atoms with Crippen LogP contribution in [-0.2, 0) is 20.9 Å². The zero-order chi connectivity index (χ0) is 15.7. The molecule has 0 unspecified atom stereocenters. The SMILES string of the molecule is CCOC(=O)CN(CC)CC(=O)NCc1ccccc1F. The van der Waals surface area contributed by atoms with Gasteiger partial charge in [-0.05, 0) is 19.5 Å². The van der Waals surface area contributed by atoms with Crippen LogP contribution in [0.5, 0.6) is 0 Å². The molecule has 1 aromatic rings. The molecule has 21 heavy (non-hydrogen) atoms. The van der Waals surface area contributed by atoms with Gasteiger partial charge in [-0.3, -0.25) is 14.5 Å². The summed E-state index contributed by atoms with van der Waals surface area (Å²) in [5, 5.41) is 2.64. The molecule has 1 rings (SSSR count). The van der Waals surface area contributed by atoms with Crippen molar-refractivity contribution in [3.8, 4) is 0 Å². The van der Waals surface area contributed by atoms with Crippen molar-refractivity contribution in [2.75, 3.05) is 26.2 Å². The molecule has 0 aliphatic heterocycles. The van der Waals surface area contributed by atoms with Gasteiger partial charge in [0.1, 0.15) is 5.82 Å². The molecule has 1 N–H and O–H groups in total. The lowest BCUT2D eigenvalue weighted by Crippen LogP contribution is -2.40. The van der Waals surface area contributed by atoms with E-state index < -0.39 is 0 Å². The zero-order valence-electron chi connectivity index (χ0n) is 12.4. The molecule has 116 valence electrons. The predicted octanol–water partition coefficient (Wildman–Crippen LogP) is 1.33. The normalized spacial score (nSPS) is 10.5. The highest BCUT2D eigenvalue weighted by Gasteiger charge is 2.13. The molecule has 0 heterocycles. The van der Waals surface area contributed by atoms with Crippen molar-refractivity contribution in [1.29, 1.82) is 0 Å². The maximum atomic E-state index is 13.4. The topological polar surface area (TPSA) is 58.6 Å². The number of nitrogens with zero attached hydrogens (tertiary/aromatic N) is 1. The Hall–Kier alpha value is -1.95. The second-order valence-electron chi connectivity index (χ2n) is 4.48. The molecule has 0 aliphatic rings. The van der Waals surface area contributed by atoms with Crippen LogP contribution in [-0.4, -0.2) is 43.0 Å². The monoisotopic (exact) mass is 296 g/mol. The number of amides is 1. The fraction of sp³-hybridized carbons (Fsp3) is 0.467. The summed E-state index contributed by atoms with van der Waals surface area (Å²) in [6.07, 6.45) is 0. The molecule has 6 heteroatoms. The third-order valence-electron chi connectivity index (χ3n) is 2.91. The number of hydrogen-bond acceptors (Lipinski definition) is 4. The number of hydrogen-bond donors (Lipinski definition) is 1. The van der Waals surface area contributed by atoms with Gasteiger partial charge in [-0.2, -0.15) is 0 Å². The van der Waals surface area contributed by atoms with Crippen LogP contribution in [0.4, 0.5) is 4.39 Å². The quantitative estimate of drug-likeness (QED) is 0.735. The minimum Gasteiger partial charge on any atom is -0.465 e. The first kappa shape index (κ1) is 17.1. The third-order valence-corrected chi connectivity index (χ3v) is 2.91. The Bertz CT molecular complexity index is 480. The minimum absolute atomic E-state index is 0.0669. The summed E-state index contributed by atoms with van der Waals surface area (Å²) in [5.41, 5.74) is 0.430. The summed E-state index contributed by atoms with van der Waals surface area (Å²) in [6.45, 7) is 4.71. The van der Waals surface area contributed by atoms with Gasteiger partial charge in [0.15, 0.2) is 0 Å². The van der Waals surface area contributed by atoms with E-state index in [0.717, 1.165) is 0 Å². The maximum Gasteiger partial charge on any atom is 0.320 e. The number of carbonyl (C=O) groups is 2. The first-order valence-electron chi connectivity index (χ1n) is 6.94. The summed E-state index contributed by atoms with van der Waals surface area (Å²) in [4.78, 5) is 24.8. The van der Waals surface area contributed by atoms with Gasteiger partial charge in [0, 0.05) is 12.1 Å². The van der Waals surface area contributed by atoms with Crippen molar-refractivity contribution in [3.05, 3.63) is 35.6 Å². The Balaban J connectivity index is 2.41. The van der Waals surface area contributed by atoms with Crippen LogP contribution >= 0.6 is 0 Å². The molecule has 0 saturated carbocycles. The molecule has 0 saturated heterocycles. The lowest BCUT2D eigenvalue weighted by Gasteiger charge is -2.18. The highest BCUT2D eigenvalue weighted by Crippen LogP contribution is 2.05. The van der Waals surface area contributed by atoms with Crippen LogP contribution in [0.25, 0.3) is 0 Å². The second-order valence-corrected chi connectivity index (χ2v) is 4.48. The maximum absolute atomic E-state index is 13.4. The number of benzene rings is 1. The molecule has 0 spiro atoms. The molecule has 1 aromatic carbocycles. The molecule has 0 aliphatic carbocycles. The van der Waals surface area contributed by atoms with E-state index in [0.29, 0.717) is 18.7 Å². The number of carbonyl (C=O) groups excluding carboxylic acids is 2. The molecule has 0 atom stereocenters. The minimum atomic E-state index is -0.360. The first-order chi connectivity index (χ1) is 10.1. The van der Waals surface area contributed by atoms with Gasteiger partial charge in [-0.1, -0.05) is 25.1 Å². The number of halogens is 1. The number of rotatable bonds is 8. The van der Waals surface area contributed by atoms with E-state index in [-0.39, 0.29) is 37.3 Å². The smallest absolute Gasteiger partial charge is 0.320 e. The molecular weight excluding hydrogens is 275 g/mol. The highest BCUT2D eigenvalue weighted by molar-refractivity contribution is 5.79. The van der Waals surface area contributed by atoms with Gasteiger partial charge in [0.05, 0.1) is 19.7 Å². The fourth-order valence-electron chi connectivity index (χ4n) is 1.76. The zero-order valence-corrected chi connectivity index (χ0v) is 12.4. The van der Waals surface area contributed by atoms with Crippen molar-refractivity contribution in [2.45, 2.75) is 20.4 Å². The van der Waals surface area contributed by atoms with Gasteiger partial charge >= 0.3 is 5.97 Å². The molecule has 0 bridgehead atoms. The van der Waals surface area contributed by atoms with E-state index in [1.54, 1.807) is 30.0 Å². The van der Waals surface area contributed by atoms with Gasteiger partial charge in [0.25, 0.3) is 0 Å². The van der Waals surface area contributed by atoms with Gasteiger partial charge < -0.3 is 10.1 Å². The van der Waals surface area contributed by atoms with Crippen molar-refractivity contribution in [1.82, 2.24) is 10.2 Å². The lowest BCUT2D eigenvalue weighted by molar-refractivity contribution is -0.144. The van der Waals surface area contributed by atoms with E-state index in [9.17, 15) is 14.0 Å². The van der Waals surface area contributed by atoms with Gasteiger partial charge in [-0.25, -0.2) is 4.39 Å². The third kappa shape index (κ3) is 6.35. The van der Waals surface area contributed by atoms with E-state index in [1.165, 1.54) is 6.07 Å². The van der Waals surface area contributed by atoms with Crippen molar-refractivity contribution < 1.29 is 18.7 Å². The van der Waals surface area contributed by atoms with Crippen LogP contribution in [0, 0.1) is 5.82 Å². The fourth-order valence-corrected chi connectivity index (χ4v) is 1.76. The Labute approximate surface area is 124 Å². The summed E-state index contributed by atoms with van der Waals surface area (Å²) in [6, 6.07) is 6.27. The highest BCUT2D eigenvalue weighted by atomic mass is 19.1. The Morgan fingerprint density at radius 3 is 2.57 bits per heavy atom. The lowest BCUT2D eigenvalue weighted by atomic mass is 10.2. The van der Waals surface area contributed by atoms with Gasteiger partial charge in [-0.15, -0.1) is 0 Å². The predicted molar refractivity (Wildman–Crippen MR) is 77.0 cm³/mol. The Morgan fingerprint density at radius 1 is 1.24 bits per heavy atom. The van der Waals surface area contributed by atoms with Crippen molar-refractivity contribution in [3.63, 3.8) is 0 Å². The summed E-state index contributed by atoms with van der Waals surface area (Å²) >= 11 is 0. The summed E-state index contributed by atoms with van der Waals surface area (Å²) < 4.78 is 18.2. The average Bonchev–Trinajstić information content (AvgIpc) is 2.46. The summed E-state index contributed by atoms with van der Waals surface area (Å²) in [7, 11) is 0. The molecule has 0 aromatic heterocycles. The molecule has 0 radical (unpaired) electrons. The number of ether oxygens (including phenoxy) is 1. The summed E-state index contributed by atoms with van der Waals surface area (Å²) in [5.74, 6) is -0.970. The van der Waals surface area contributed by atoms with Crippen molar-refractivity contribution in [2.24, 2.45) is 0 Å². The van der Waals surface area contributed by atoms with E-state index in [4.69, 9.17) is 4.74 Å². The first-order valence-corrected chi connectivity index (χ1v) is 6.94. The molecule has 1 amide bonds. The van der Waals surface area contributed by atoms with Crippen LogP contribution in [0.2, 0.25) is 0 Å².